The first-order valence-electron chi connectivity index (χ1n) is 10.1. The van der Waals surface area contributed by atoms with E-state index in [9.17, 15) is 0 Å². The molecule has 0 aliphatic rings. The van der Waals surface area contributed by atoms with Crippen LogP contribution in [0.5, 0.6) is 11.5 Å². The SMILES string of the molecule is CCCCOc1cccc(CNc2cccc(OCCc3ccccc3)c2)c1. The minimum atomic E-state index is 0.671. The zero-order chi connectivity index (χ0) is 19.4. The van der Waals surface area contributed by atoms with Gasteiger partial charge < -0.3 is 14.8 Å². The van der Waals surface area contributed by atoms with Gasteiger partial charge in [0.25, 0.3) is 0 Å². The van der Waals surface area contributed by atoms with Crippen molar-refractivity contribution in [2.24, 2.45) is 0 Å². The van der Waals surface area contributed by atoms with Crippen molar-refractivity contribution in [3.8, 4) is 11.5 Å². The van der Waals surface area contributed by atoms with Crippen molar-refractivity contribution >= 4 is 5.69 Å². The molecule has 0 aliphatic heterocycles. The van der Waals surface area contributed by atoms with Crippen molar-refractivity contribution in [2.75, 3.05) is 18.5 Å². The molecular weight excluding hydrogens is 346 g/mol. The Labute approximate surface area is 168 Å². The van der Waals surface area contributed by atoms with E-state index in [4.69, 9.17) is 9.47 Å². The van der Waals surface area contributed by atoms with Gasteiger partial charge in [0.15, 0.2) is 0 Å². The van der Waals surface area contributed by atoms with Gasteiger partial charge in [0.1, 0.15) is 11.5 Å². The summed E-state index contributed by atoms with van der Waals surface area (Å²) in [5, 5.41) is 3.47. The first kappa shape index (κ1) is 19.8. The van der Waals surface area contributed by atoms with Gasteiger partial charge in [-0.25, -0.2) is 0 Å². The highest BCUT2D eigenvalue weighted by atomic mass is 16.5. The molecule has 0 saturated heterocycles. The summed E-state index contributed by atoms with van der Waals surface area (Å²) in [7, 11) is 0. The van der Waals surface area contributed by atoms with E-state index in [1.807, 2.05) is 36.4 Å². The predicted molar refractivity (Wildman–Crippen MR) is 116 cm³/mol. The van der Waals surface area contributed by atoms with Crippen LogP contribution in [0, 0.1) is 0 Å². The normalized spacial score (nSPS) is 10.5. The van der Waals surface area contributed by atoms with Crippen LogP contribution in [0.4, 0.5) is 5.69 Å². The molecular formula is C25H29NO2. The van der Waals surface area contributed by atoms with E-state index >= 15 is 0 Å². The molecule has 3 nitrogen and oxygen atoms in total. The van der Waals surface area contributed by atoms with Crippen LogP contribution in [0.1, 0.15) is 30.9 Å². The molecule has 0 aromatic heterocycles. The van der Waals surface area contributed by atoms with Crippen molar-refractivity contribution in [3.63, 3.8) is 0 Å². The number of anilines is 1. The molecule has 0 fully saturated rings. The average molecular weight is 376 g/mol. The molecule has 3 aromatic carbocycles. The fourth-order valence-corrected chi connectivity index (χ4v) is 2.91. The second-order valence-electron chi connectivity index (χ2n) is 6.81. The van der Waals surface area contributed by atoms with E-state index in [-0.39, 0.29) is 0 Å². The Morgan fingerprint density at radius 3 is 2.25 bits per heavy atom. The predicted octanol–water partition coefficient (Wildman–Crippen LogP) is 6.10. The lowest BCUT2D eigenvalue weighted by atomic mass is 10.2. The maximum Gasteiger partial charge on any atom is 0.121 e. The van der Waals surface area contributed by atoms with Crippen molar-refractivity contribution in [1.82, 2.24) is 0 Å². The van der Waals surface area contributed by atoms with Gasteiger partial charge in [0.2, 0.25) is 0 Å². The molecule has 0 atom stereocenters. The zero-order valence-electron chi connectivity index (χ0n) is 16.6. The van der Waals surface area contributed by atoms with Gasteiger partial charge in [0.05, 0.1) is 13.2 Å². The topological polar surface area (TPSA) is 30.5 Å². The number of hydrogen-bond acceptors (Lipinski definition) is 3. The molecule has 0 unspecified atom stereocenters. The van der Waals surface area contributed by atoms with Crippen LogP contribution in [0.25, 0.3) is 0 Å². The summed E-state index contributed by atoms with van der Waals surface area (Å²) >= 11 is 0. The third-order valence-corrected chi connectivity index (χ3v) is 4.50. The number of unbranched alkanes of at least 4 members (excludes halogenated alkanes) is 1. The Hall–Kier alpha value is -2.94. The summed E-state index contributed by atoms with van der Waals surface area (Å²) in [5.74, 6) is 1.82. The fraction of sp³-hybridized carbons (Fsp3) is 0.280. The molecule has 0 amide bonds. The van der Waals surface area contributed by atoms with Gasteiger partial charge in [0, 0.05) is 24.7 Å². The van der Waals surface area contributed by atoms with E-state index in [1.165, 1.54) is 11.1 Å². The van der Waals surface area contributed by atoms with Crippen LogP contribution in [-0.4, -0.2) is 13.2 Å². The largest absolute Gasteiger partial charge is 0.494 e. The van der Waals surface area contributed by atoms with Crippen LogP contribution in [0.15, 0.2) is 78.9 Å². The monoisotopic (exact) mass is 375 g/mol. The van der Waals surface area contributed by atoms with Crippen molar-refractivity contribution in [3.05, 3.63) is 90.0 Å². The summed E-state index contributed by atoms with van der Waals surface area (Å²) in [5.41, 5.74) is 3.54. The molecule has 0 saturated carbocycles. The minimum absolute atomic E-state index is 0.671. The Balaban J connectivity index is 1.48. The van der Waals surface area contributed by atoms with Gasteiger partial charge >= 0.3 is 0 Å². The lowest BCUT2D eigenvalue weighted by Gasteiger charge is -2.11. The summed E-state index contributed by atoms with van der Waals surface area (Å²) in [6.45, 7) is 4.36. The Bertz CT molecular complexity index is 833. The molecule has 0 radical (unpaired) electrons. The third-order valence-electron chi connectivity index (χ3n) is 4.50. The molecule has 3 heteroatoms. The lowest BCUT2D eigenvalue weighted by Crippen LogP contribution is -2.03. The first-order valence-corrected chi connectivity index (χ1v) is 10.1. The third kappa shape index (κ3) is 6.66. The molecule has 146 valence electrons. The smallest absolute Gasteiger partial charge is 0.121 e. The number of benzene rings is 3. The molecule has 3 aromatic rings. The summed E-state index contributed by atoms with van der Waals surface area (Å²) < 4.78 is 11.7. The second kappa shape index (κ2) is 11.0. The van der Waals surface area contributed by atoms with Crippen LogP contribution >= 0.6 is 0 Å². The quantitative estimate of drug-likeness (QED) is 0.411. The molecule has 1 N–H and O–H groups in total. The van der Waals surface area contributed by atoms with Gasteiger partial charge in [-0.2, -0.15) is 0 Å². The van der Waals surface area contributed by atoms with Crippen LogP contribution in [0.3, 0.4) is 0 Å². The maximum atomic E-state index is 5.92. The molecule has 0 spiro atoms. The standard InChI is InChI=1S/C25H29NO2/c1-2-3-16-27-24-13-7-11-22(18-24)20-26-23-12-8-14-25(19-23)28-17-15-21-9-5-4-6-10-21/h4-14,18-19,26H,2-3,15-17,20H2,1H3. The van der Waals surface area contributed by atoms with Gasteiger partial charge in [-0.05, 0) is 41.8 Å². The molecule has 3 rings (SSSR count). The van der Waals surface area contributed by atoms with E-state index < -0.39 is 0 Å². The zero-order valence-corrected chi connectivity index (χ0v) is 16.6. The molecule has 28 heavy (non-hydrogen) atoms. The van der Waals surface area contributed by atoms with Crippen LogP contribution < -0.4 is 14.8 Å². The Kier molecular flexibility index (Phi) is 7.80. The van der Waals surface area contributed by atoms with Crippen LogP contribution in [0.2, 0.25) is 0 Å². The lowest BCUT2D eigenvalue weighted by molar-refractivity contribution is 0.309. The van der Waals surface area contributed by atoms with Crippen molar-refractivity contribution in [1.29, 1.82) is 0 Å². The summed E-state index contributed by atoms with van der Waals surface area (Å²) in [4.78, 5) is 0. The summed E-state index contributed by atoms with van der Waals surface area (Å²) in [6.07, 6.45) is 3.13. The number of hydrogen-bond donors (Lipinski definition) is 1. The van der Waals surface area contributed by atoms with Gasteiger partial charge in [-0.1, -0.05) is 61.9 Å². The number of nitrogens with one attached hydrogen (secondary N) is 1. The Morgan fingerprint density at radius 1 is 0.714 bits per heavy atom. The molecule has 0 aliphatic carbocycles. The van der Waals surface area contributed by atoms with Gasteiger partial charge in [-0.3, -0.25) is 0 Å². The van der Waals surface area contributed by atoms with Crippen LogP contribution in [-0.2, 0) is 13.0 Å². The highest BCUT2D eigenvalue weighted by molar-refractivity contribution is 5.48. The van der Waals surface area contributed by atoms with E-state index in [2.05, 4.69) is 54.7 Å². The van der Waals surface area contributed by atoms with E-state index in [0.717, 1.165) is 49.6 Å². The second-order valence-corrected chi connectivity index (χ2v) is 6.81. The number of ether oxygens (including phenoxy) is 2. The highest BCUT2D eigenvalue weighted by Gasteiger charge is 2.00. The molecule has 0 heterocycles. The number of rotatable bonds is 11. The molecule has 0 bridgehead atoms. The first-order chi connectivity index (χ1) is 13.8. The van der Waals surface area contributed by atoms with Crippen molar-refractivity contribution in [2.45, 2.75) is 32.7 Å². The summed E-state index contributed by atoms with van der Waals surface area (Å²) in [6, 6.07) is 26.8. The van der Waals surface area contributed by atoms with E-state index in [1.54, 1.807) is 0 Å². The van der Waals surface area contributed by atoms with Gasteiger partial charge in [-0.15, -0.1) is 0 Å². The Morgan fingerprint density at radius 2 is 1.43 bits per heavy atom. The van der Waals surface area contributed by atoms with E-state index in [0.29, 0.717) is 6.61 Å². The highest BCUT2D eigenvalue weighted by Crippen LogP contribution is 2.20. The average Bonchev–Trinajstić information content (AvgIpc) is 2.74. The minimum Gasteiger partial charge on any atom is -0.494 e. The van der Waals surface area contributed by atoms with Crippen molar-refractivity contribution < 1.29 is 9.47 Å². The fourth-order valence-electron chi connectivity index (χ4n) is 2.91. The maximum absolute atomic E-state index is 5.92.